The Morgan fingerprint density at radius 1 is 1.14 bits per heavy atom. The van der Waals surface area contributed by atoms with Crippen molar-refractivity contribution >= 4 is 26.7 Å². The SMILES string of the molecule is NCc1ccc(OCCCS(=O)c2cccc(Br)c2)cc1. The molecule has 2 N–H and O–H groups in total. The van der Waals surface area contributed by atoms with Crippen LogP contribution in [0, 0.1) is 0 Å². The van der Waals surface area contributed by atoms with Crippen molar-refractivity contribution in [2.75, 3.05) is 12.4 Å². The lowest BCUT2D eigenvalue weighted by Crippen LogP contribution is -2.05. The van der Waals surface area contributed by atoms with Gasteiger partial charge < -0.3 is 10.5 Å². The Labute approximate surface area is 136 Å². The predicted octanol–water partition coefficient (Wildman–Crippen LogP) is 3.48. The summed E-state index contributed by atoms with van der Waals surface area (Å²) < 4.78 is 18.7. The Hall–Kier alpha value is -1.17. The predicted molar refractivity (Wildman–Crippen MR) is 89.9 cm³/mol. The summed E-state index contributed by atoms with van der Waals surface area (Å²) in [5, 5.41) is 0. The van der Waals surface area contributed by atoms with Gasteiger partial charge >= 0.3 is 0 Å². The van der Waals surface area contributed by atoms with Crippen molar-refractivity contribution in [3.8, 4) is 5.75 Å². The van der Waals surface area contributed by atoms with Crippen LogP contribution in [-0.4, -0.2) is 16.6 Å². The van der Waals surface area contributed by atoms with Crippen molar-refractivity contribution in [2.45, 2.75) is 17.9 Å². The van der Waals surface area contributed by atoms with E-state index in [1.165, 1.54) is 0 Å². The molecule has 0 amide bonds. The Balaban J connectivity index is 1.75. The number of hydrogen-bond donors (Lipinski definition) is 1. The zero-order valence-corrected chi connectivity index (χ0v) is 14.0. The third-order valence-electron chi connectivity index (χ3n) is 2.96. The van der Waals surface area contributed by atoms with Gasteiger partial charge in [-0.1, -0.05) is 34.1 Å². The molecule has 0 saturated carbocycles. The molecule has 0 heterocycles. The average Bonchev–Trinajstić information content (AvgIpc) is 2.52. The molecule has 1 unspecified atom stereocenters. The van der Waals surface area contributed by atoms with Crippen molar-refractivity contribution in [3.05, 3.63) is 58.6 Å². The average molecular weight is 368 g/mol. The lowest BCUT2D eigenvalue weighted by molar-refractivity contribution is 0.318. The summed E-state index contributed by atoms with van der Waals surface area (Å²) in [6.07, 6.45) is 0.748. The van der Waals surface area contributed by atoms with Gasteiger partial charge in [-0.05, 0) is 42.3 Å². The van der Waals surface area contributed by atoms with Crippen molar-refractivity contribution in [3.63, 3.8) is 0 Å². The highest BCUT2D eigenvalue weighted by Gasteiger charge is 2.04. The van der Waals surface area contributed by atoms with Gasteiger partial charge in [0, 0.05) is 21.7 Å². The van der Waals surface area contributed by atoms with Crippen molar-refractivity contribution < 1.29 is 8.95 Å². The van der Waals surface area contributed by atoms with Crippen LogP contribution in [0.25, 0.3) is 0 Å². The molecule has 0 bridgehead atoms. The summed E-state index contributed by atoms with van der Waals surface area (Å²) in [6.45, 7) is 1.09. The summed E-state index contributed by atoms with van der Waals surface area (Å²) in [5.74, 6) is 1.41. The first-order chi connectivity index (χ1) is 10.2. The van der Waals surface area contributed by atoms with E-state index in [9.17, 15) is 4.21 Å². The largest absolute Gasteiger partial charge is 0.494 e. The van der Waals surface area contributed by atoms with E-state index in [1.54, 1.807) is 0 Å². The van der Waals surface area contributed by atoms with E-state index in [-0.39, 0.29) is 0 Å². The zero-order valence-electron chi connectivity index (χ0n) is 11.6. The van der Waals surface area contributed by atoms with Gasteiger partial charge in [0.1, 0.15) is 5.75 Å². The van der Waals surface area contributed by atoms with Crippen molar-refractivity contribution in [1.29, 1.82) is 0 Å². The van der Waals surface area contributed by atoms with Gasteiger partial charge in [-0.25, -0.2) is 0 Å². The van der Waals surface area contributed by atoms with Gasteiger partial charge in [0.05, 0.1) is 17.4 Å². The summed E-state index contributed by atoms with van der Waals surface area (Å²) in [4.78, 5) is 0.844. The molecule has 0 radical (unpaired) electrons. The molecule has 0 aliphatic rings. The van der Waals surface area contributed by atoms with E-state index in [2.05, 4.69) is 15.9 Å². The molecule has 5 heteroatoms. The standard InChI is InChI=1S/C16H18BrNO2S/c17-14-3-1-4-16(11-14)21(19)10-2-9-20-15-7-5-13(12-18)6-8-15/h1,3-8,11H,2,9-10,12,18H2. The summed E-state index contributed by atoms with van der Waals surface area (Å²) in [6, 6.07) is 15.3. The molecule has 0 saturated heterocycles. The second kappa shape index (κ2) is 8.32. The Kier molecular flexibility index (Phi) is 6.42. The highest BCUT2D eigenvalue weighted by molar-refractivity contribution is 9.10. The number of nitrogens with two attached hydrogens (primary N) is 1. The van der Waals surface area contributed by atoms with Crippen molar-refractivity contribution in [2.24, 2.45) is 5.73 Å². The number of halogens is 1. The van der Waals surface area contributed by atoms with Crippen LogP contribution < -0.4 is 10.5 Å². The van der Waals surface area contributed by atoms with Crippen LogP contribution in [0.4, 0.5) is 0 Å². The molecule has 21 heavy (non-hydrogen) atoms. The Morgan fingerprint density at radius 3 is 2.57 bits per heavy atom. The molecule has 0 spiro atoms. The van der Waals surface area contributed by atoms with Gasteiger partial charge in [0.2, 0.25) is 0 Å². The second-order valence-electron chi connectivity index (χ2n) is 4.56. The fourth-order valence-electron chi connectivity index (χ4n) is 1.83. The fourth-order valence-corrected chi connectivity index (χ4v) is 3.48. The topological polar surface area (TPSA) is 52.3 Å². The molecular formula is C16H18BrNO2S. The van der Waals surface area contributed by atoms with E-state index in [0.29, 0.717) is 18.9 Å². The summed E-state index contributed by atoms with van der Waals surface area (Å²) >= 11 is 3.39. The monoisotopic (exact) mass is 367 g/mol. The fraction of sp³-hybridized carbons (Fsp3) is 0.250. The lowest BCUT2D eigenvalue weighted by atomic mass is 10.2. The Bertz CT molecular complexity index is 601. The number of hydrogen-bond acceptors (Lipinski definition) is 3. The van der Waals surface area contributed by atoms with Crippen LogP contribution in [0.15, 0.2) is 57.9 Å². The smallest absolute Gasteiger partial charge is 0.119 e. The van der Waals surface area contributed by atoms with Crippen LogP contribution in [0.1, 0.15) is 12.0 Å². The molecule has 0 aliphatic heterocycles. The quantitative estimate of drug-likeness (QED) is 0.762. The lowest BCUT2D eigenvalue weighted by Gasteiger charge is -2.07. The number of rotatable bonds is 7. The first-order valence-electron chi connectivity index (χ1n) is 6.75. The third kappa shape index (κ3) is 5.26. The van der Waals surface area contributed by atoms with Crippen molar-refractivity contribution in [1.82, 2.24) is 0 Å². The second-order valence-corrected chi connectivity index (χ2v) is 7.04. The van der Waals surface area contributed by atoms with E-state index < -0.39 is 10.8 Å². The number of benzene rings is 2. The summed E-state index contributed by atoms with van der Waals surface area (Å²) in [5.41, 5.74) is 6.62. The minimum atomic E-state index is -0.983. The maximum absolute atomic E-state index is 12.1. The van der Waals surface area contributed by atoms with E-state index in [4.69, 9.17) is 10.5 Å². The molecule has 0 aromatic heterocycles. The normalized spacial score (nSPS) is 12.1. The molecule has 0 fully saturated rings. The van der Waals surface area contributed by atoms with Crippen LogP contribution in [0.3, 0.4) is 0 Å². The third-order valence-corrected chi connectivity index (χ3v) is 4.89. The summed E-state index contributed by atoms with van der Waals surface area (Å²) in [7, 11) is -0.983. The first kappa shape index (κ1) is 16.2. The molecule has 1 atom stereocenters. The zero-order chi connectivity index (χ0) is 15.1. The molecule has 2 aromatic rings. The Morgan fingerprint density at radius 2 is 1.90 bits per heavy atom. The molecule has 112 valence electrons. The molecule has 2 rings (SSSR count). The van der Waals surface area contributed by atoms with Crippen LogP contribution in [0.5, 0.6) is 5.75 Å². The maximum atomic E-state index is 12.1. The minimum Gasteiger partial charge on any atom is -0.494 e. The molecule has 3 nitrogen and oxygen atoms in total. The maximum Gasteiger partial charge on any atom is 0.119 e. The van der Waals surface area contributed by atoms with Gasteiger partial charge in [-0.2, -0.15) is 0 Å². The van der Waals surface area contributed by atoms with Gasteiger partial charge in [-0.15, -0.1) is 0 Å². The highest BCUT2D eigenvalue weighted by Crippen LogP contribution is 2.16. The molecule has 2 aromatic carbocycles. The molecule has 0 aliphatic carbocycles. The van der Waals surface area contributed by atoms with Crippen LogP contribution in [-0.2, 0) is 17.3 Å². The number of ether oxygens (including phenoxy) is 1. The van der Waals surface area contributed by atoms with Gasteiger partial charge in [0.15, 0.2) is 0 Å². The van der Waals surface area contributed by atoms with E-state index in [0.717, 1.165) is 27.1 Å². The highest BCUT2D eigenvalue weighted by atomic mass is 79.9. The van der Waals surface area contributed by atoms with E-state index >= 15 is 0 Å². The minimum absolute atomic E-state index is 0.534. The molecular weight excluding hydrogens is 350 g/mol. The van der Waals surface area contributed by atoms with Gasteiger partial charge in [0.25, 0.3) is 0 Å². The van der Waals surface area contributed by atoms with E-state index in [1.807, 2.05) is 48.5 Å². The van der Waals surface area contributed by atoms with Gasteiger partial charge in [-0.3, -0.25) is 4.21 Å². The van der Waals surface area contributed by atoms with Crippen LogP contribution >= 0.6 is 15.9 Å². The first-order valence-corrected chi connectivity index (χ1v) is 8.86. The van der Waals surface area contributed by atoms with Crippen LogP contribution in [0.2, 0.25) is 0 Å².